The van der Waals surface area contributed by atoms with E-state index >= 15 is 0 Å². The van der Waals surface area contributed by atoms with E-state index in [1.165, 1.54) is 22.3 Å². The van der Waals surface area contributed by atoms with Gasteiger partial charge in [0, 0.05) is 11.0 Å². The first-order chi connectivity index (χ1) is 19.7. The van der Waals surface area contributed by atoms with Gasteiger partial charge in [0.05, 0.1) is 0 Å². The van der Waals surface area contributed by atoms with Crippen molar-refractivity contribution in [1.29, 1.82) is 0 Å². The fourth-order valence-corrected chi connectivity index (χ4v) is 6.23. The van der Waals surface area contributed by atoms with Crippen molar-refractivity contribution in [2.75, 3.05) is 0 Å². The molecule has 0 aliphatic carbocycles. The first-order valence-corrected chi connectivity index (χ1v) is 13.7. The normalized spacial score (nSPS) is 12.5. The number of para-hydroxylation sites is 1. The maximum absolute atomic E-state index is 6.86. The van der Waals surface area contributed by atoms with Gasteiger partial charge in [0.15, 0.2) is 0 Å². The van der Waals surface area contributed by atoms with E-state index in [2.05, 4.69) is 140 Å². The van der Waals surface area contributed by atoms with Crippen LogP contribution >= 0.6 is 0 Å². The van der Waals surface area contributed by atoms with Crippen LogP contribution in [0.5, 0.6) is 23.0 Å². The fourth-order valence-electron chi connectivity index (χ4n) is 6.23. The van der Waals surface area contributed by atoms with Crippen molar-refractivity contribution in [3.63, 3.8) is 0 Å². The molecule has 40 heavy (non-hydrogen) atoms. The Labute approximate surface area is 234 Å². The van der Waals surface area contributed by atoms with Crippen LogP contribution < -0.4 is 25.9 Å². The van der Waals surface area contributed by atoms with E-state index in [1.54, 1.807) is 0 Å². The lowest BCUT2D eigenvalue weighted by Gasteiger charge is -2.34. The highest BCUT2D eigenvalue weighted by Gasteiger charge is 2.41. The van der Waals surface area contributed by atoms with Crippen molar-refractivity contribution in [2.45, 2.75) is 6.92 Å². The Kier molecular flexibility index (Phi) is 5.18. The lowest BCUT2D eigenvalue weighted by Crippen LogP contribution is -2.57. The molecular formula is C37H25BO2. The van der Waals surface area contributed by atoms with Crippen LogP contribution in [0.3, 0.4) is 0 Å². The van der Waals surface area contributed by atoms with E-state index in [0.29, 0.717) is 0 Å². The van der Waals surface area contributed by atoms with Gasteiger partial charge in [-0.1, -0.05) is 115 Å². The molecule has 0 saturated heterocycles. The number of hydrogen-bond donors (Lipinski definition) is 0. The van der Waals surface area contributed by atoms with Gasteiger partial charge in [-0.25, -0.2) is 0 Å². The predicted octanol–water partition coefficient (Wildman–Crippen LogP) is 7.72. The lowest BCUT2D eigenvalue weighted by molar-refractivity contribution is 0.466. The Hall–Kier alpha value is -5.02. The molecule has 0 amide bonds. The molecule has 188 valence electrons. The summed E-state index contributed by atoms with van der Waals surface area (Å²) in [5, 5.41) is 0. The van der Waals surface area contributed by atoms with E-state index < -0.39 is 0 Å². The first kappa shape index (κ1) is 22.9. The van der Waals surface area contributed by atoms with Crippen molar-refractivity contribution < 1.29 is 9.47 Å². The molecule has 0 radical (unpaired) electrons. The largest absolute Gasteiger partial charge is 0.458 e. The number of aryl methyl sites for hydroxylation is 1. The van der Waals surface area contributed by atoms with Crippen molar-refractivity contribution in [3.8, 4) is 56.4 Å². The lowest BCUT2D eigenvalue weighted by atomic mass is 9.34. The average Bonchev–Trinajstić information content (AvgIpc) is 3.01. The Balaban J connectivity index is 1.39. The van der Waals surface area contributed by atoms with E-state index in [1.807, 2.05) is 0 Å². The average molecular weight is 512 g/mol. The topological polar surface area (TPSA) is 18.5 Å². The molecule has 0 atom stereocenters. The molecule has 0 saturated carbocycles. The smallest absolute Gasteiger partial charge is 0.260 e. The zero-order chi connectivity index (χ0) is 26.6. The standard InChI is InChI=1S/C37H25BO2/c1-24-11-8-9-16-29(24)28-22-34-36-35(23-28)40-37-30(26-14-6-3-7-15-26)17-10-18-31(37)38(36)32-21-27(19-20-33(32)39-34)25-12-4-2-5-13-25/h2-23H,1H3. The van der Waals surface area contributed by atoms with Gasteiger partial charge in [0.25, 0.3) is 6.71 Å². The summed E-state index contributed by atoms with van der Waals surface area (Å²) in [7, 11) is 0. The molecule has 8 rings (SSSR count). The van der Waals surface area contributed by atoms with E-state index in [-0.39, 0.29) is 6.71 Å². The molecule has 0 fully saturated rings. The molecular weight excluding hydrogens is 487 g/mol. The van der Waals surface area contributed by atoms with Crippen LogP contribution in [0.2, 0.25) is 0 Å². The van der Waals surface area contributed by atoms with Gasteiger partial charge in [-0.15, -0.1) is 0 Å². The van der Waals surface area contributed by atoms with E-state index in [4.69, 9.17) is 9.47 Å². The maximum Gasteiger partial charge on any atom is 0.260 e. The highest BCUT2D eigenvalue weighted by Crippen LogP contribution is 2.42. The van der Waals surface area contributed by atoms with Crippen LogP contribution in [0.15, 0.2) is 133 Å². The van der Waals surface area contributed by atoms with Crippen molar-refractivity contribution >= 4 is 23.1 Å². The summed E-state index contributed by atoms with van der Waals surface area (Å²) >= 11 is 0. The first-order valence-electron chi connectivity index (χ1n) is 13.7. The van der Waals surface area contributed by atoms with Gasteiger partial charge < -0.3 is 9.47 Å². The molecule has 2 aliphatic rings. The molecule has 0 unspecified atom stereocenters. The fraction of sp³-hybridized carbons (Fsp3) is 0.0270. The van der Waals surface area contributed by atoms with Gasteiger partial charge in [-0.05, 0) is 69.4 Å². The maximum atomic E-state index is 6.86. The number of fused-ring (bicyclic) bond motifs is 4. The molecule has 0 spiro atoms. The number of ether oxygens (including phenoxy) is 2. The summed E-state index contributed by atoms with van der Waals surface area (Å²) in [5.74, 6) is 3.52. The molecule has 2 nitrogen and oxygen atoms in total. The molecule has 6 aromatic carbocycles. The summed E-state index contributed by atoms with van der Waals surface area (Å²) in [5.41, 5.74) is 11.5. The summed E-state index contributed by atoms with van der Waals surface area (Å²) in [6.45, 7) is 2.14. The van der Waals surface area contributed by atoms with Gasteiger partial charge in [0.2, 0.25) is 0 Å². The highest BCUT2D eigenvalue weighted by molar-refractivity contribution is 6.98. The van der Waals surface area contributed by atoms with Crippen molar-refractivity contribution in [1.82, 2.24) is 0 Å². The van der Waals surface area contributed by atoms with Crippen LogP contribution in [-0.4, -0.2) is 6.71 Å². The third kappa shape index (κ3) is 3.59. The summed E-state index contributed by atoms with van der Waals surface area (Å²) in [6.07, 6.45) is 0. The molecule has 0 aromatic heterocycles. The molecule has 3 heteroatoms. The second-order valence-electron chi connectivity index (χ2n) is 10.5. The second-order valence-corrected chi connectivity index (χ2v) is 10.5. The van der Waals surface area contributed by atoms with Crippen LogP contribution in [0.4, 0.5) is 0 Å². The second kappa shape index (κ2) is 9.03. The third-order valence-corrected chi connectivity index (χ3v) is 8.15. The van der Waals surface area contributed by atoms with Gasteiger partial charge in [0.1, 0.15) is 23.0 Å². The minimum atomic E-state index is -0.00394. The third-order valence-electron chi connectivity index (χ3n) is 8.15. The summed E-state index contributed by atoms with van der Waals surface area (Å²) in [4.78, 5) is 0. The van der Waals surface area contributed by atoms with Crippen LogP contribution in [0, 0.1) is 6.92 Å². The van der Waals surface area contributed by atoms with E-state index in [0.717, 1.165) is 56.1 Å². The molecule has 0 bridgehead atoms. The number of benzene rings is 6. The summed E-state index contributed by atoms with van der Waals surface area (Å²) in [6, 6.07) is 47.0. The van der Waals surface area contributed by atoms with Crippen LogP contribution in [0.25, 0.3) is 33.4 Å². The SMILES string of the molecule is Cc1ccccc1-c1cc2c3c(c1)Oc1c(cccc1-c1ccccc1)B3c1cc(-c3ccccc3)ccc1O2. The minimum absolute atomic E-state index is 0.00394. The zero-order valence-electron chi connectivity index (χ0n) is 22.1. The van der Waals surface area contributed by atoms with Crippen molar-refractivity contribution in [2.24, 2.45) is 0 Å². The van der Waals surface area contributed by atoms with Crippen molar-refractivity contribution in [3.05, 3.63) is 139 Å². The highest BCUT2D eigenvalue weighted by atomic mass is 16.5. The van der Waals surface area contributed by atoms with Gasteiger partial charge >= 0.3 is 0 Å². The predicted molar refractivity (Wildman–Crippen MR) is 165 cm³/mol. The Morgan fingerprint density at radius 1 is 0.450 bits per heavy atom. The quantitative estimate of drug-likeness (QED) is 0.226. The number of rotatable bonds is 3. The molecule has 2 aliphatic heterocycles. The van der Waals surface area contributed by atoms with E-state index in [9.17, 15) is 0 Å². The monoisotopic (exact) mass is 512 g/mol. The Morgan fingerprint density at radius 3 is 1.90 bits per heavy atom. The molecule has 0 N–H and O–H groups in total. The van der Waals surface area contributed by atoms with Crippen LogP contribution in [0.1, 0.15) is 5.56 Å². The van der Waals surface area contributed by atoms with Gasteiger partial charge in [-0.3, -0.25) is 0 Å². The minimum Gasteiger partial charge on any atom is -0.458 e. The number of hydrogen-bond acceptors (Lipinski definition) is 2. The zero-order valence-corrected chi connectivity index (χ0v) is 22.1. The molecule has 6 aromatic rings. The Bertz CT molecular complexity index is 1910. The summed E-state index contributed by atoms with van der Waals surface area (Å²) < 4.78 is 13.5. The van der Waals surface area contributed by atoms with Crippen LogP contribution in [-0.2, 0) is 0 Å². The van der Waals surface area contributed by atoms with Gasteiger partial charge in [-0.2, -0.15) is 0 Å². The Morgan fingerprint density at radius 2 is 1.12 bits per heavy atom. The molecule has 2 heterocycles.